The van der Waals surface area contributed by atoms with E-state index in [0.29, 0.717) is 5.82 Å². The van der Waals surface area contributed by atoms with Gasteiger partial charge in [-0.25, -0.2) is 9.97 Å². The Hall–Kier alpha value is -2.70. The summed E-state index contributed by atoms with van der Waals surface area (Å²) in [7, 11) is 1.66. The second-order valence-corrected chi connectivity index (χ2v) is 5.84. The van der Waals surface area contributed by atoms with E-state index in [1.807, 2.05) is 36.4 Å². The van der Waals surface area contributed by atoms with Crippen molar-refractivity contribution in [2.45, 2.75) is 13.0 Å². The Labute approximate surface area is 158 Å². The number of pyridine rings is 1. The van der Waals surface area contributed by atoms with Gasteiger partial charge in [-0.3, -0.25) is 4.98 Å². The monoisotopic (exact) mass is 369 g/mol. The zero-order valence-corrected chi connectivity index (χ0v) is 15.2. The van der Waals surface area contributed by atoms with Gasteiger partial charge in [0.15, 0.2) is 5.82 Å². The lowest BCUT2D eigenvalue weighted by Gasteiger charge is -2.21. The molecule has 2 aromatic heterocycles. The molecule has 134 valence electrons. The fraction of sp³-hybridized carbons (Fsp3) is 0.211. The van der Waals surface area contributed by atoms with Gasteiger partial charge in [-0.15, -0.1) is 12.4 Å². The molecule has 1 aromatic carbocycles. The van der Waals surface area contributed by atoms with Gasteiger partial charge >= 0.3 is 0 Å². The van der Waals surface area contributed by atoms with E-state index < -0.39 is 0 Å². The molecule has 0 fully saturated rings. The van der Waals surface area contributed by atoms with Crippen LogP contribution in [0.1, 0.15) is 11.3 Å². The van der Waals surface area contributed by atoms with Crippen LogP contribution < -0.4 is 15.4 Å². The number of methoxy groups -OCH3 is 1. The number of hydrogen-bond acceptors (Lipinski definition) is 6. The highest BCUT2D eigenvalue weighted by molar-refractivity contribution is 5.85. The van der Waals surface area contributed by atoms with Crippen LogP contribution in [0, 0.1) is 0 Å². The molecule has 0 saturated heterocycles. The molecule has 7 heteroatoms. The molecule has 26 heavy (non-hydrogen) atoms. The maximum atomic E-state index is 5.31. The topological polar surface area (TPSA) is 72.0 Å². The molecule has 4 rings (SSSR count). The van der Waals surface area contributed by atoms with Crippen LogP contribution in [-0.2, 0) is 13.0 Å². The molecule has 0 bridgehead atoms. The normalized spacial score (nSPS) is 12.7. The lowest BCUT2D eigenvalue weighted by atomic mass is 10.1. The van der Waals surface area contributed by atoms with Gasteiger partial charge in [0.25, 0.3) is 0 Å². The number of hydrogen-bond donors (Lipinski definition) is 2. The van der Waals surface area contributed by atoms with Crippen molar-refractivity contribution in [1.29, 1.82) is 0 Å². The second kappa shape index (κ2) is 8.12. The third kappa shape index (κ3) is 3.76. The van der Waals surface area contributed by atoms with Gasteiger partial charge < -0.3 is 15.4 Å². The van der Waals surface area contributed by atoms with Gasteiger partial charge in [-0.05, 0) is 24.3 Å². The van der Waals surface area contributed by atoms with Crippen molar-refractivity contribution in [2.75, 3.05) is 19.0 Å². The number of ether oxygens (including phenoxy) is 1. The summed E-state index contributed by atoms with van der Waals surface area (Å²) >= 11 is 0. The van der Waals surface area contributed by atoms with Gasteiger partial charge in [0.05, 0.1) is 12.8 Å². The number of nitrogens with one attached hydrogen (secondary N) is 2. The quantitative estimate of drug-likeness (QED) is 0.734. The molecule has 6 nitrogen and oxygen atoms in total. The van der Waals surface area contributed by atoms with Crippen molar-refractivity contribution in [3.8, 4) is 17.1 Å². The van der Waals surface area contributed by atoms with Crippen molar-refractivity contribution in [3.63, 3.8) is 0 Å². The lowest BCUT2D eigenvalue weighted by molar-refractivity contribution is 0.415. The lowest BCUT2D eigenvalue weighted by Crippen LogP contribution is -2.26. The van der Waals surface area contributed by atoms with E-state index in [0.717, 1.165) is 53.6 Å². The predicted molar refractivity (Wildman–Crippen MR) is 104 cm³/mol. The number of aromatic nitrogens is 3. The average molecular weight is 370 g/mol. The van der Waals surface area contributed by atoms with Crippen LogP contribution in [0.25, 0.3) is 11.4 Å². The minimum atomic E-state index is 0. The molecule has 2 N–H and O–H groups in total. The Morgan fingerprint density at radius 3 is 2.77 bits per heavy atom. The molecule has 3 heterocycles. The Balaban J connectivity index is 0.00000196. The third-order valence-corrected chi connectivity index (χ3v) is 4.20. The molecule has 0 radical (unpaired) electrons. The highest BCUT2D eigenvalue weighted by Crippen LogP contribution is 2.28. The standard InChI is InChI=1S/C19H19N5O.ClH/c1-25-15-4-2-3-14(11-15)22-19-16-12-21-10-7-17(16)23-18(24-19)13-5-8-20-9-6-13;/h2-6,8-9,11,21H,7,10,12H2,1H3,(H,22,23,24);1H. The zero-order valence-electron chi connectivity index (χ0n) is 14.4. The molecule has 0 atom stereocenters. The van der Waals surface area contributed by atoms with E-state index in [2.05, 4.69) is 15.6 Å². The minimum absolute atomic E-state index is 0. The Morgan fingerprint density at radius 1 is 1.12 bits per heavy atom. The summed E-state index contributed by atoms with van der Waals surface area (Å²) in [5, 5.41) is 6.82. The molecular formula is C19H20ClN5O. The Kier molecular flexibility index (Phi) is 5.65. The van der Waals surface area contributed by atoms with Crippen LogP contribution in [0.3, 0.4) is 0 Å². The number of benzene rings is 1. The van der Waals surface area contributed by atoms with E-state index >= 15 is 0 Å². The summed E-state index contributed by atoms with van der Waals surface area (Å²) < 4.78 is 5.31. The number of fused-ring (bicyclic) bond motifs is 1. The first-order valence-corrected chi connectivity index (χ1v) is 8.25. The molecule has 0 aliphatic carbocycles. The van der Waals surface area contributed by atoms with Crippen LogP contribution in [0.15, 0.2) is 48.8 Å². The van der Waals surface area contributed by atoms with E-state index in [9.17, 15) is 0 Å². The maximum Gasteiger partial charge on any atom is 0.161 e. The summed E-state index contributed by atoms with van der Waals surface area (Å²) in [6.45, 7) is 1.69. The average Bonchev–Trinajstić information content (AvgIpc) is 2.69. The number of rotatable bonds is 4. The van der Waals surface area contributed by atoms with Crippen molar-refractivity contribution in [1.82, 2.24) is 20.3 Å². The van der Waals surface area contributed by atoms with Crippen molar-refractivity contribution in [2.24, 2.45) is 0 Å². The largest absolute Gasteiger partial charge is 0.497 e. The maximum absolute atomic E-state index is 5.31. The Morgan fingerprint density at radius 2 is 1.96 bits per heavy atom. The smallest absolute Gasteiger partial charge is 0.161 e. The van der Waals surface area contributed by atoms with E-state index in [1.54, 1.807) is 19.5 Å². The molecule has 0 amide bonds. The SMILES string of the molecule is COc1cccc(Nc2nc(-c3ccncc3)nc3c2CNCC3)c1.Cl. The Bertz CT molecular complexity index is 888. The fourth-order valence-corrected chi connectivity index (χ4v) is 2.91. The molecule has 3 aromatic rings. The molecule has 1 aliphatic heterocycles. The third-order valence-electron chi connectivity index (χ3n) is 4.20. The number of anilines is 2. The summed E-state index contributed by atoms with van der Waals surface area (Å²) in [4.78, 5) is 13.6. The first kappa shape index (κ1) is 18.1. The van der Waals surface area contributed by atoms with Gasteiger partial charge in [-0.1, -0.05) is 6.07 Å². The molecular weight excluding hydrogens is 350 g/mol. The summed E-state index contributed by atoms with van der Waals surface area (Å²) in [5.41, 5.74) is 4.11. The van der Waals surface area contributed by atoms with Crippen LogP contribution in [0.2, 0.25) is 0 Å². The summed E-state index contributed by atoms with van der Waals surface area (Å²) in [5.74, 6) is 2.35. The summed E-state index contributed by atoms with van der Waals surface area (Å²) in [6, 6.07) is 11.7. The first-order valence-electron chi connectivity index (χ1n) is 8.25. The molecule has 0 saturated carbocycles. The number of halogens is 1. The van der Waals surface area contributed by atoms with Crippen molar-refractivity contribution >= 4 is 23.9 Å². The first-order chi connectivity index (χ1) is 12.3. The second-order valence-electron chi connectivity index (χ2n) is 5.84. The van der Waals surface area contributed by atoms with E-state index in [-0.39, 0.29) is 12.4 Å². The van der Waals surface area contributed by atoms with Crippen LogP contribution in [0.5, 0.6) is 5.75 Å². The van der Waals surface area contributed by atoms with Crippen molar-refractivity contribution in [3.05, 3.63) is 60.0 Å². The van der Waals surface area contributed by atoms with Crippen molar-refractivity contribution < 1.29 is 4.74 Å². The van der Waals surface area contributed by atoms with Crippen LogP contribution in [0.4, 0.5) is 11.5 Å². The van der Waals surface area contributed by atoms with Crippen LogP contribution in [-0.4, -0.2) is 28.6 Å². The molecule has 0 spiro atoms. The fourth-order valence-electron chi connectivity index (χ4n) is 2.91. The molecule has 0 unspecified atom stereocenters. The molecule has 1 aliphatic rings. The zero-order chi connectivity index (χ0) is 17.1. The van der Waals surface area contributed by atoms with Gasteiger partial charge in [0.1, 0.15) is 11.6 Å². The van der Waals surface area contributed by atoms with E-state index in [1.165, 1.54) is 0 Å². The summed E-state index contributed by atoms with van der Waals surface area (Å²) in [6.07, 6.45) is 4.41. The van der Waals surface area contributed by atoms with Gasteiger partial charge in [-0.2, -0.15) is 0 Å². The highest BCUT2D eigenvalue weighted by Gasteiger charge is 2.18. The van der Waals surface area contributed by atoms with Gasteiger partial charge in [0, 0.05) is 54.8 Å². The number of nitrogens with zero attached hydrogens (tertiary/aromatic N) is 3. The van der Waals surface area contributed by atoms with Crippen LogP contribution >= 0.6 is 12.4 Å². The minimum Gasteiger partial charge on any atom is -0.497 e. The van der Waals surface area contributed by atoms with E-state index in [4.69, 9.17) is 14.7 Å². The van der Waals surface area contributed by atoms with Gasteiger partial charge in [0.2, 0.25) is 0 Å². The predicted octanol–water partition coefficient (Wildman–Crippen LogP) is 3.36. The highest BCUT2D eigenvalue weighted by atomic mass is 35.5.